The molecule has 1 aromatic heterocycles. The Kier molecular flexibility index (Phi) is 6.20. The molecule has 1 aromatic carbocycles. The molecule has 0 aliphatic rings. The molecule has 0 fully saturated rings. The molecule has 2 N–H and O–H groups in total. The van der Waals surface area contributed by atoms with E-state index in [0.717, 1.165) is 4.88 Å². The first kappa shape index (κ1) is 20.1. The van der Waals surface area contributed by atoms with Crippen molar-refractivity contribution in [2.45, 2.75) is 38.5 Å². The van der Waals surface area contributed by atoms with Gasteiger partial charge in [0.2, 0.25) is 5.91 Å². The van der Waals surface area contributed by atoms with Crippen LogP contribution in [0.15, 0.2) is 29.2 Å². The van der Waals surface area contributed by atoms with E-state index in [9.17, 15) is 23.1 Å². The molecule has 2 rings (SSSR count). The summed E-state index contributed by atoms with van der Waals surface area (Å²) in [6, 6.07) is 6.24. The Hall–Kier alpha value is -2.19. The standard InChI is InChI=1S/C18H21NO5S2/c1-4-14-11(3)25-17(16(14)18(21)22)19-15(20)10-12-7-6-8-13(9-12)26(23,24)5-2/h6-9H,4-5,10H2,1-3H3,(H,19,20)(H,21,22). The Morgan fingerprint density at radius 2 is 1.92 bits per heavy atom. The first-order chi connectivity index (χ1) is 12.2. The number of carboxylic acids is 1. The molecule has 2 aromatic rings. The van der Waals surface area contributed by atoms with E-state index >= 15 is 0 Å². The van der Waals surface area contributed by atoms with Crippen LogP contribution >= 0.6 is 11.3 Å². The van der Waals surface area contributed by atoms with E-state index in [-0.39, 0.29) is 28.5 Å². The maximum absolute atomic E-state index is 12.3. The molecular weight excluding hydrogens is 374 g/mol. The minimum Gasteiger partial charge on any atom is -0.478 e. The molecule has 26 heavy (non-hydrogen) atoms. The van der Waals surface area contributed by atoms with Crippen molar-refractivity contribution in [3.63, 3.8) is 0 Å². The van der Waals surface area contributed by atoms with Gasteiger partial charge in [-0.3, -0.25) is 4.79 Å². The Labute approximate surface area is 156 Å². The van der Waals surface area contributed by atoms with E-state index < -0.39 is 15.8 Å². The Bertz CT molecular complexity index is 944. The Morgan fingerprint density at radius 3 is 2.50 bits per heavy atom. The number of aromatic carboxylic acids is 1. The average Bonchev–Trinajstić information content (AvgIpc) is 2.90. The number of benzene rings is 1. The zero-order valence-corrected chi connectivity index (χ0v) is 16.5. The lowest BCUT2D eigenvalue weighted by Crippen LogP contribution is -2.16. The largest absolute Gasteiger partial charge is 0.478 e. The fourth-order valence-corrected chi connectivity index (χ4v) is 4.79. The first-order valence-corrected chi connectivity index (χ1v) is 10.6. The second-order valence-electron chi connectivity index (χ2n) is 5.78. The fourth-order valence-electron chi connectivity index (χ4n) is 2.69. The van der Waals surface area contributed by atoms with E-state index in [1.165, 1.54) is 23.5 Å². The predicted octanol–water partition coefficient (Wildman–Crippen LogP) is 3.29. The van der Waals surface area contributed by atoms with Crippen LogP contribution in [-0.2, 0) is 27.5 Å². The van der Waals surface area contributed by atoms with Gasteiger partial charge in [-0.2, -0.15) is 0 Å². The van der Waals surface area contributed by atoms with Crippen molar-refractivity contribution in [1.29, 1.82) is 0 Å². The minimum absolute atomic E-state index is 0.0150. The summed E-state index contributed by atoms with van der Waals surface area (Å²) in [5.74, 6) is -1.47. The summed E-state index contributed by atoms with van der Waals surface area (Å²) >= 11 is 1.24. The molecule has 0 aliphatic heterocycles. The summed E-state index contributed by atoms with van der Waals surface area (Å²) in [7, 11) is -3.35. The number of rotatable bonds is 7. The van der Waals surface area contributed by atoms with E-state index in [1.54, 1.807) is 19.1 Å². The number of carboxylic acid groups (broad SMARTS) is 1. The van der Waals surface area contributed by atoms with Crippen molar-refractivity contribution in [2.75, 3.05) is 11.1 Å². The van der Waals surface area contributed by atoms with Crippen LogP contribution in [0.25, 0.3) is 0 Å². The van der Waals surface area contributed by atoms with Crippen molar-refractivity contribution >= 4 is 38.1 Å². The van der Waals surface area contributed by atoms with Crippen LogP contribution in [-0.4, -0.2) is 31.2 Å². The second-order valence-corrected chi connectivity index (χ2v) is 9.28. The number of amides is 1. The van der Waals surface area contributed by atoms with E-state index in [2.05, 4.69) is 5.32 Å². The van der Waals surface area contributed by atoms with Crippen LogP contribution in [0.5, 0.6) is 0 Å². The summed E-state index contributed by atoms with van der Waals surface area (Å²) in [6.45, 7) is 5.25. The molecule has 0 spiro atoms. The van der Waals surface area contributed by atoms with Gasteiger partial charge in [0.25, 0.3) is 0 Å². The number of anilines is 1. The molecule has 0 atom stereocenters. The third-order valence-electron chi connectivity index (χ3n) is 4.03. The lowest BCUT2D eigenvalue weighted by molar-refractivity contribution is -0.115. The van der Waals surface area contributed by atoms with Crippen molar-refractivity contribution in [1.82, 2.24) is 0 Å². The van der Waals surface area contributed by atoms with E-state index in [1.807, 2.05) is 13.8 Å². The molecule has 140 valence electrons. The van der Waals surface area contributed by atoms with E-state index in [0.29, 0.717) is 22.5 Å². The summed E-state index contributed by atoms with van der Waals surface area (Å²) in [6.07, 6.45) is 0.529. The number of carbonyl (C=O) groups is 2. The molecule has 0 saturated carbocycles. The van der Waals surface area contributed by atoms with Gasteiger partial charge in [-0.25, -0.2) is 13.2 Å². The summed E-state index contributed by atoms with van der Waals surface area (Å²) < 4.78 is 23.9. The van der Waals surface area contributed by atoms with Gasteiger partial charge in [-0.15, -0.1) is 11.3 Å². The molecule has 0 bridgehead atoms. The smallest absolute Gasteiger partial charge is 0.339 e. The fraction of sp³-hybridized carbons (Fsp3) is 0.333. The van der Waals surface area contributed by atoms with Crippen LogP contribution < -0.4 is 5.32 Å². The number of nitrogens with one attached hydrogen (secondary N) is 1. The summed E-state index contributed by atoms with van der Waals surface area (Å²) in [5, 5.41) is 12.4. The molecule has 0 unspecified atom stereocenters. The van der Waals surface area contributed by atoms with E-state index in [4.69, 9.17) is 0 Å². The molecule has 0 radical (unpaired) electrons. The number of hydrogen-bond donors (Lipinski definition) is 2. The van der Waals surface area contributed by atoms with Crippen LogP contribution in [0.1, 0.15) is 40.2 Å². The highest BCUT2D eigenvalue weighted by Crippen LogP contribution is 2.33. The van der Waals surface area contributed by atoms with Crippen LogP contribution in [0.2, 0.25) is 0 Å². The average molecular weight is 396 g/mol. The van der Waals surface area contributed by atoms with Gasteiger partial charge in [0.1, 0.15) is 5.00 Å². The lowest BCUT2D eigenvalue weighted by atomic mass is 10.1. The van der Waals surface area contributed by atoms with Gasteiger partial charge >= 0.3 is 5.97 Å². The number of thiophene rings is 1. The van der Waals surface area contributed by atoms with Crippen molar-refractivity contribution < 1.29 is 23.1 Å². The third kappa shape index (κ3) is 4.31. The topological polar surface area (TPSA) is 101 Å². The Balaban J connectivity index is 2.23. The maximum Gasteiger partial charge on any atom is 0.339 e. The van der Waals surface area contributed by atoms with Crippen LogP contribution in [0.3, 0.4) is 0 Å². The molecule has 0 aliphatic carbocycles. The summed E-state index contributed by atoms with van der Waals surface area (Å²) in [5.41, 5.74) is 1.40. The number of carbonyl (C=O) groups excluding carboxylic acids is 1. The number of sulfone groups is 1. The molecule has 8 heteroatoms. The zero-order chi connectivity index (χ0) is 19.5. The predicted molar refractivity (Wildman–Crippen MR) is 102 cm³/mol. The van der Waals surface area contributed by atoms with Crippen molar-refractivity contribution in [2.24, 2.45) is 0 Å². The highest BCUT2D eigenvalue weighted by molar-refractivity contribution is 7.91. The maximum atomic E-state index is 12.3. The highest BCUT2D eigenvalue weighted by atomic mass is 32.2. The molecule has 1 heterocycles. The molecule has 6 nitrogen and oxygen atoms in total. The first-order valence-electron chi connectivity index (χ1n) is 8.16. The summed E-state index contributed by atoms with van der Waals surface area (Å²) in [4.78, 5) is 24.9. The second kappa shape index (κ2) is 8.01. The lowest BCUT2D eigenvalue weighted by Gasteiger charge is -2.07. The number of aryl methyl sites for hydroxylation is 1. The quantitative estimate of drug-likeness (QED) is 0.749. The van der Waals surface area contributed by atoms with Gasteiger partial charge in [-0.1, -0.05) is 26.0 Å². The van der Waals surface area contributed by atoms with Crippen LogP contribution in [0, 0.1) is 6.92 Å². The van der Waals surface area contributed by atoms with Gasteiger partial charge < -0.3 is 10.4 Å². The third-order valence-corrected chi connectivity index (χ3v) is 6.83. The zero-order valence-electron chi connectivity index (χ0n) is 14.8. The van der Waals surface area contributed by atoms with Crippen LogP contribution in [0.4, 0.5) is 5.00 Å². The SMILES string of the molecule is CCc1c(C)sc(NC(=O)Cc2cccc(S(=O)(=O)CC)c2)c1C(=O)O. The highest BCUT2D eigenvalue weighted by Gasteiger charge is 2.22. The van der Waals surface area contributed by atoms with Gasteiger partial charge in [-0.05, 0) is 36.6 Å². The van der Waals surface area contributed by atoms with Gasteiger partial charge in [0, 0.05) is 4.88 Å². The van der Waals surface area contributed by atoms with Gasteiger partial charge in [0.15, 0.2) is 9.84 Å². The van der Waals surface area contributed by atoms with Crippen molar-refractivity contribution in [3.8, 4) is 0 Å². The minimum atomic E-state index is -3.35. The number of hydrogen-bond acceptors (Lipinski definition) is 5. The molecule has 1 amide bonds. The Morgan fingerprint density at radius 1 is 1.23 bits per heavy atom. The van der Waals surface area contributed by atoms with Gasteiger partial charge in [0.05, 0.1) is 22.6 Å². The normalized spacial score (nSPS) is 11.3. The molecule has 0 saturated heterocycles. The monoisotopic (exact) mass is 395 g/mol. The van der Waals surface area contributed by atoms with Crippen molar-refractivity contribution in [3.05, 3.63) is 45.8 Å². The molecular formula is C18H21NO5S2.